The lowest BCUT2D eigenvalue weighted by Crippen LogP contribution is -2.37. The molecule has 2 aliphatic rings. The number of halogens is 1. The van der Waals surface area contributed by atoms with Crippen molar-refractivity contribution in [3.8, 4) is 0 Å². The minimum absolute atomic E-state index is 0.0626. The van der Waals surface area contributed by atoms with Crippen molar-refractivity contribution in [2.75, 3.05) is 16.4 Å². The van der Waals surface area contributed by atoms with Crippen LogP contribution in [0.3, 0.4) is 0 Å². The molecular formula is C14H15BrN2O3S2. The Morgan fingerprint density at radius 3 is 2.91 bits per heavy atom. The van der Waals surface area contributed by atoms with E-state index in [0.717, 1.165) is 10.2 Å². The smallest absolute Gasteiger partial charge is 0.247 e. The number of amidine groups is 1. The third-order valence-corrected chi connectivity index (χ3v) is 7.38. The number of aliphatic imine (C=N–C) groups is 1. The first-order valence-corrected chi connectivity index (χ1v) is 10.4. The van der Waals surface area contributed by atoms with Gasteiger partial charge in [-0.3, -0.25) is 4.79 Å². The molecule has 2 heterocycles. The van der Waals surface area contributed by atoms with Gasteiger partial charge in [0.15, 0.2) is 15.0 Å². The molecule has 0 saturated carbocycles. The zero-order chi connectivity index (χ0) is 15.9. The first kappa shape index (κ1) is 16.0. The van der Waals surface area contributed by atoms with Crippen LogP contribution < -0.4 is 4.90 Å². The number of nitrogens with zero attached hydrogens (tertiary/aromatic N) is 2. The minimum Gasteiger partial charge on any atom is -0.316 e. The minimum atomic E-state index is -3.03. The molecule has 1 aromatic rings. The average Bonchev–Trinajstić information content (AvgIpc) is 2.89. The van der Waals surface area contributed by atoms with E-state index < -0.39 is 9.84 Å². The number of rotatable bonds is 2. The molecule has 3 rings (SSSR count). The first-order valence-electron chi connectivity index (χ1n) is 6.93. The summed E-state index contributed by atoms with van der Waals surface area (Å²) in [5, 5.41) is 0.544. The Morgan fingerprint density at radius 2 is 2.23 bits per heavy atom. The lowest BCUT2D eigenvalue weighted by molar-refractivity contribution is -0.117. The van der Waals surface area contributed by atoms with E-state index >= 15 is 0 Å². The molecule has 2 atom stereocenters. The molecule has 2 fully saturated rings. The summed E-state index contributed by atoms with van der Waals surface area (Å²) < 4.78 is 24.7. The highest BCUT2D eigenvalue weighted by atomic mass is 79.9. The largest absolute Gasteiger partial charge is 0.316 e. The Balaban J connectivity index is 2.03. The zero-order valence-electron chi connectivity index (χ0n) is 11.9. The van der Waals surface area contributed by atoms with Gasteiger partial charge in [-0.2, -0.15) is 4.99 Å². The normalized spacial score (nSPS) is 28.1. The molecule has 0 aromatic heterocycles. The number of carbonyl (C=O) groups is 1. The number of amides is 1. The summed E-state index contributed by atoms with van der Waals surface area (Å²) in [6.07, 6.45) is 0.337. The van der Waals surface area contributed by atoms with Gasteiger partial charge >= 0.3 is 0 Å². The molecule has 2 saturated heterocycles. The molecule has 22 heavy (non-hydrogen) atoms. The highest BCUT2D eigenvalue weighted by Crippen LogP contribution is 2.41. The predicted molar refractivity (Wildman–Crippen MR) is 93.2 cm³/mol. The van der Waals surface area contributed by atoms with E-state index in [1.165, 1.54) is 11.8 Å². The van der Waals surface area contributed by atoms with Gasteiger partial charge in [0.2, 0.25) is 5.91 Å². The Kier molecular flexibility index (Phi) is 4.35. The lowest BCUT2D eigenvalue weighted by atomic mass is 10.2. The van der Waals surface area contributed by atoms with Gasteiger partial charge in [0.1, 0.15) is 0 Å². The Labute approximate surface area is 142 Å². The van der Waals surface area contributed by atoms with Crippen molar-refractivity contribution < 1.29 is 13.2 Å². The second-order valence-corrected chi connectivity index (χ2v) is 9.57. The van der Waals surface area contributed by atoms with Crippen LogP contribution in [-0.2, 0) is 14.6 Å². The third-order valence-electron chi connectivity index (χ3n) is 3.68. The summed E-state index contributed by atoms with van der Waals surface area (Å²) in [6, 6.07) is 7.46. The van der Waals surface area contributed by atoms with Crippen molar-refractivity contribution in [2.45, 2.75) is 24.6 Å². The average molecular weight is 403 g/mol. The standard InChI is InChI=1S/C14H15BrN2O3S2/c1-2-13(18)16-14-17(10-5-3-4-9(15)6-10)11-7-22(19,20)8-12(11)21-14/h3-6,11-12H,2,7-8H2,1H3. The van der Waals surface area contributed by atoms with Crippen LogP contribution in [0.25, 0.3) is 0 Å². The summed E-state index contributed by atoms with van der Waals surface area (Å²) in [5.41, 5.74) is 0.856. The number of hydrogen-bond donors (Lipinski definition) is 0. The van der Waals surface area contributed by atoms with Gasteiger partial charge in [0.05, 0.1) is 17.5 Å². The van der Waals surface area contributed by atoms with E-state index in [4.69, 9.17) is 0 Å². The topological polar surface area (TPSA) is 66.8 Å². The van der Waals surface area contributed by atoms with E-state index in [9.17, 15) is 13.2 Å². The molecule has 0 spiro atoms. The molecule has 0 N–H and O–H groups in total. The van der Waals surface area contributed by atoms with Gasteiger partial charge in [0.25, 0.3) is 0 Å². The fourth-order valence-corrected chi connectivity index (χ4v) is 7.00. The van der Waals surface area contributed by atoms with Crippen molar-refractivity contribution in [1.82, 2.24) is 0 Å². The van der Waals surface area contributed by atoms with Crippen molar-refractivity contribution in [1.29, 1.82) is 0 Å². The molecule has 0 aliphatic carbocycles. The molecule has 1 aromatic carbocycles. The van der Waals surface area contributed by atoms with Gasteiger partial charge in [-0.15, -0.1) is 0 Å². The maximum Gasteiger partial charge on any atom is 0.247 e. The quantitative estimate of drug-likeness (QED) is 0.759. The number of benzene rings is 1. The molecule has 2 aliphatic heterocycles. The highest BCUT2D eigenvalue weighted by Gasteiger charge is 2.49. The van der Waals surface area contributed by atoms with Gasteiger partial charge in [-0.25, -0.2) is 8.42 Å². The Morgan fingerprint density at radius 1 is 1.45 bits per heavy atom. The van der Waals surface area contributed by atoms with E-state index in [0.29, 0.717) is 11.6 Å². The van der Waals surface area contributed by atoms with Crippen LogP contribution in [0, 0.1) is 0 Å². The number of fused-ring (bicyclic) bond motifs is 1. The fraction of sp³-hybridized carbons (Fsp3) is 0.429. The highest BCUT2D eigenvalue weighted by molar-refractivity contribution is 9.10. The van der Waals surface area contributed by atoms with E-state index in [2.05, 4.69) is 20.9 Å². The number of anilines is 1. The van der Waals surface area contributed by atoms with E-state index in [1.807, 2.05) is 29.2 Å². The van der Waals surface area contributed by atoms with Gasteiger partial charge in [0, 0.05) is 21.8 Å². The van der Waals surface area contributed by atoms with Crippen LogP contribution in [0.15, 0.2) is 33.7 Å². The first-order chi connectivity index (χ1) is 10.4. The van der Waals surface area contributed by atoms with Crippen molar-refractivity contribution in [3.05, 3.63) is 28.7 Å². The second kappa shape index (κ2) is 5.98. The van der Waals surface area contributed by atoms with E-state index in [-0.39, 0.29) is 28.7 Å². The van der Waals surface area contributed by atoms with E-state index in [1.54, 1.807) is 6.92 Å². The SMILES string of the molecule is CCC(=O)N=C1SC2CS(=O)(=O)CC2N1c1cccc(Br)c1. The molecule has 5 nitrogen and oxygen atoms in total. The maximum absolute atomic E-state index is 11.9. The molecule has 2 unspecified atom stereocenters. The van der Waals surface area contributed by atoms with Crippen LogP contribution in [0.2, 0.25) is 0 Å². The fourth-order valence-electron chi connectivity index (χ4n) is 2.68. The van der Waals surface area contributed by atoms with Crippen LogP contribution in [0.1, 0.15) is 13.3 Å². The molecule has 118 valence electrons. The number of hydrogen-bond acceptors (Lipinski definition) is 4. The number of sulfone groups is 1. The van der Waals surface area contributed by atoms with Crippen molar-refractivity contribution >= 4 is 54.3 Å². The van der Waals surface area contributed by atoms with Crippen LogP contribution in [0.4, 0.5) is 5.69 Å². The molecular weight excluding hydrogens is 388 g/mol. The predicted octanol–water partition coefficient (Wildman–Crippen LogP) is 2.46. The monoisotopic (exact) mass is 402 g/mol. The number of carbonyl (C=O) groups excluding carboxylic acids is 1. The number of thioether (sulfide) groups is 1. The summed E-state index contributed by atoms with van der Waals surface area (Å²) in [5.74, 6) is 0.0632. The van der Waals surface area contributed by atoms with Crippen molar-refractivity contribution in [2.24, 2.45) is 4.99 Å². The molecule has 8 heteroatoms. The van der Waals surface area contributed by atoms with Gasteiger partial charge < -0.3 is 4.90 Å². The summed E-state index contributed by atoms with van der Waals surface area (Å²) in [6.45, 7) is 1.76. The molecule has 0 bridgehead atoms. The second-order valence-electron chi connectivity index (χ2n) is 5.29. The van der Waals surface area contributed by atoms with Gasteiger partial charge in [-0.05, 0) is 18.2 Å². The van der Waals surface area contributed by atoms with Crippen LogP contribution in [-0.4, -0.2) is 42.3 Å². The summed E-state index contributed by atoms with van der Waals surface area (Å²) in [4.78, 5) is 17.8. The van der Waals surface area contributed by atoms with Gasteiger partial charge in [-0.1, -0.05) is 40.7 Å². The van der Waals surface area contributed by atoms with Crippen LogP contribution in [0.5, 0.6) is 0 Å². The maximum atomic E-state index is 11.9. The third kappa shape index (κ3) is 3.09. The zero-order valence-corrected chi connectivity index (χ0v) is 15.1. The molecule has 0 radical (unpaired) electrons. The Hall–Kier alpha value is -0.860. The lowest BCUT2D eigenvalue weighted by Gasteiger charge is -2.24. The Bertz CT molecular complexity index is 748. The van der Waals surface area contributed by atoms with Crippen LogP contribution >= 0.6 is 27.7 Å². The van der Waals surface area contributed by atoms with Crippen molar-refractivity contribution in [3.63, 3.8) is 0 Å². The summed E-state index contributed by atoms with van der Waals surface area (Å²) >= 11 is 4.83. The summed E-state index contributed by atoms with van der Waals surface area (Å²) in [7, 11) is -3.03. The molecule has 1 amide bonds.